The fraction of sp³-hybridized carbons (Fsp3) is 0.556. The summed E-state index contributed by atoms with van der Waals surface area (Å²) in [5.41, 5.74) is 2.80. The van der Waals surface area contributed by atoms with Crippen molar-refractivity contribution in [3.63, 3.8) is 0 Å². The van der Waals surface area contributed by atoms with Crippen LogP contribution in [-0.2, 0) is 19.4 Å². The molecule has 0 aliphatic carbocycles. The number of nitrogens with one attached hydrogen (secondary N) is 1. The van der Waals surface area contributed by atoms with Crippen LogP contribution in [0.15, 0.2) is 18.5 Å². The molecule has 25 heavy (non-hydrogen) atoms. The van der Waals surface area contributed by atoms with E-state index in [-0.39, 0.29) is 11.9 Å². The van der Waals surface area contributed by atoms with Crippen molar-refractivity contribution in [2.24, 2.45) is 0 Å². The zero-order chi connectivity index (χ0) is 17.2. The van der Waals surface area contributed by atoms with E-state index in [1.165, 1.54) is 5.69 Å². The fourth-order valence-electron chi connectivity index (χ4n) is 3.64. The predicted molar refractivity (Wildman–Crippen MR) is 94.7 cm³/mol. The lowest BCUT2D eigenvalue weighted by Crippen LogP contribution is -2.45. The van der Waals surface area contributed by atoms with E-state index in [4.69, 9.17) is 0 Å². The lowest BCUT2D eigenvalue weighted by molar-refractivity contribution is 0.0925. The van der Waals surface area contributed by atoms with Crippen molar-refractivity contribution in [1.82, 2.24) is 25.1 Å². The molecule has 0 saturated carbocycles. The number of amides is 1. The molecule has 7 heteroatoms. The van der Waals surface area contributed by atoms with Crippen molar-refractivity contribution in [1.29, 1.82) is 0 Å². The molecule has 4 rings (SSSR count). The molecule has 0 unspecified atom stereocenters. The highest BCUT2D eigenvalue weighted by atomic mass is 16.2. The van der Waals surface area contributed by atoms with Crippen LogP contribution in [0.4, 0.5) is 5.82 Å². The highest BCUT2D eigenvalue weighted by molar-refractivity contribution is 5.92. The fourth-order valence-corrected chi connectivity index (χ4v) is 3.64. The summed E-state index contributed by atoms with van der Waals surface area (Å²) in [6, 6.07) is 4.20. The summed E-state index contributed by atoms with van der Waals surface area (Å²) in [5.74, 6) is 0.942. The molecular formula is C18H24N6O. The Balaban J connectivity index is 1.33. The molecule has 7 nitrogen and oxygen atoms in total. The van der Waals surface area contributed by atoms with Crippen molar-refractivity contribution < 1.29 is 4.79 Å². The third-order valence-corrected chi connectivity index (χ3v) is 5.12. The third kappa shape index (κ3) is 3.36. The van der Waals surface area contributed by atoms with Crippen LogP contribution in [0.5, 0.6) is 0 Å². The monoisotopic (exact) mass is 340 g/mol. The number of carbonyl (C=O) groups is 1. The van der Waals surface area contributed by atoms with E-state index < -0.39 is 0 Å². The van der Waals surface area contributed by atoms with Gasteiger partial charge in [0.2, 0.25) is 0 Å². The Hall–Kier alpha value is -2.44. The van der Waals surface area contributed by atoms with Crippen LogP contribution in [0.25, 0.3) is 0 Å². The number of aromatic nitrogens is 4. The van der Waals surface area contributed by atoms with E-state index in [0.717, 1.165) is 63.3 Å². The predicted octanol–water partition coefficient (Wildman–Crippen LogP) is 1.58. The first-order valence-electron chi connectivity index (χ1n) is 9.16. The molecule has 4 heterocycles. The molecular weight excluding hydrogens is 316 g/mol. The summed E-state index contributed by atoms with van der Waals surface area (Å²) < 4.78 is 1.96. The minimum atomic E-state index is -0.0457. The van der Waals surface area contributed by atoms with E-state index in [9.17, 15) is 4.79 Å². The zero-order valence-corrected chi connectivity index (χ0v) is 14.6. The Bertz CT molecular complexity index is 741. The topological polar surface area (TPSA) is 75.9 Å². The number of fused-ring (bicyclic) bond motifs is 1. The molecule has 1 N–H and O–H groups in total. The van der Waals surface area contributed by atoms with Crippen LogP contribution in [0.2, 0.25) is 0 Å². The Kier molecular flexibility index (Phi) is 4.38. The van der Waals surface area contributed by atoms with Crippen molar-refractivity contribution in [3.05, 3.63) is 35.5 Å². The summed E-state index contributed by atoms with van der Waals surface area (Å²) >= 11 is 0. The van der Waals surface area contributed by atoms with Crippen molar-refractivity contribution in [2.45, 2.75) is 51.6 Å². The molecule has 2 aliphatic rings. The summed E-state index contributed by atoms with van der Waals surface area (Å²) in [5, 5.41) is 7.56. The Morgan fingerprint density at radius 1 is 1.24 bits per heavy atom. The Morgan fingerprint density at radius 2 is 2.08 bits per heavy atom. The average Bonchev–Trinajstić information content (AvgIpc) is 3.24. The lowest BCUT2D eigenvalue weighted by Gasteiger charge is -2.33. The minimum absolute atomic E-state index is 0.0457. The van der Waals surface area contributed by atoms with Crippen LogP contribution >= 0.6 is 0 Å². The average molecular weight is 340 g/mol. The van der Waals surface area contributed by atoms with Crippen LogP contribution in [0.1, 0.15) is 48.1 Å². The van der Waals surface area contributed by atoms with Gasteiger partial charge in [0.25, 0.3) is 5.91 Å². The first-order valence-corrected chi connectivity index (χ1v) is 9.16. The summed E-state index contributed by atoms with van der Waals surface area (Å²) in [7, 11) is 0. The van der Waals surface area contributed by atoms with E-state index >= 15 is 0 Å². The van der Waals surface area contributed by atoms with Crippen molar-refractivity contribution in [3.8, 4) is 0 Å². The van der Waals surface area contributed by atoms with Gasteiger partial charge in [-0.2, -0.15) is 5.10 Å². The van der Waals surface area contributed by atoms with Gasteiger partial charge in [-0.3, -0.25) is 9.48 Å². The van der Waals surface area contributed by atoms with Crippen LogP contribution < -0.4 is 10.2 Å². The van der Waals surface area contributed by atoms with Crippen LogP contribution in [0, 0.1) is 0 Å². The summed E-state index contributed by atoms with van der Waals surface area (Å²) in [6.07, 6.45) is 6.55. The smallest absolute Gasteiger partial charge is 0.272 e. The van der Waals surface area contributed by atoms with Gasteiger partial charge in [0.1, 0.15) is 17.8 Å². The van der Waals surface area contributed by atoms with Gasteiger partial charge < -0.3 is 10.2 Å². The lowest BCUT2D eigenvalue weighted by atomic mass is 10.0. The van der Waals surface area contributed by atoms with Gasteiger partial charge in [-0.25, -0.2) is 9.97 Å². The van der Waals surface area contributed by atoms with Gasteiger partial charge in [-0.15, -0.1) is 0 Å². The highest BCUT2D eigenvalue weighted by Gasteiger charge is 2.24. The number of hydrogen-bond donors (Lipinski definition) is 1. The molecule has 0 atom stereocenters. The summed E-state index contributed by atoms with van der Waals surface area (Å²) in [6.45, 7) is 4.81. The maximum absolute atomic E-state index is 12.4. The number of rotatable bonds is 4. The molecule has 1 fully saturated rings. The molecule has 2 aliphatic heterocycles. The SMILES string of the molecule is CCc1cc(N2CCC(NC(=O)c3cc4n(n3)CCC4)CC2)ncn1. The molecule has 0 spiro atoms. The molecule has 1 saturated heterocycles. The number of piperidine rings is 1. The maximum atomic E-state index is 12.4. The number of hydrogen-bond acceptors (Lipinski definition) is 5. The van der Waals surface area contributed by atoms with Gasteiger partial charge in [0, 0.05) is 43.1 Å². The molecule has 2 aromatic heterocycles. The second kappa shape index (κ2) is 6.82. The van der Waals surface area contributed by atoms with Gasteiger partial charge in [0.15, 0.2) is 0 Å². The number of carbonyl (C=O) groups excluding carboxylic acids is 1. The van der Waals surface area contributed by atoms with Gasteiger partial charge >= 0.3 is 0 Å². The van der Waals surface area contributed by atoms with Gasteiger partial charge in [0.05, 0.1) is 0 Å². The Labute approximate surface area is 147 Å². The standard InChI is InChI=1S/C18H24N6O/c1-2-13-10-17(20-12-19-13)23-8-5-14(6-9-23)21-18(25)16-11-15-4-3-7-24(15)22-16/h10-12,14H,2-9H2,1H3,(H,21,25). The van der Waals surface area contributed by atoms with E-state index in [1.54, 1.807) is 6.33 Å². The van der Waals surface area contributed by atoms with Gasteiger partial charge in [-0.1, -0.05) is 6.92 Å². The first kappa shape index (κ1) is 16.1. The van der Waals surface area contributed by atoms with Crippen molar-refractivity contribution in [2.75, 3.05) is 18.0 Å². The van der Waals surface area contributed by atoms with E-state index in [0.29, 0.717) is 5.69 Å². The molecule has 132 valence electrons. The van der Waals surface area contributed by atoms with E-state index in [1.807, 2.05) is 10.7 Å². The van der Waals surface area contributed by atoms with E-state index in [2.05, 4.69) is 38.3 Å². The molecule has 0 bridgehead atoms. The second-order valence-corrected chi connectivity index (χ2v) is 6.80. The third-order valence-electron chi connectivity index (χ3n) is 5.12. The Morgan fingerprint density at radius 3 is 2.84 bits per heavy atom. The van der Waals surface area contributed by atoms with Crippen LogP contribution in [-0.4, -0.2) is 44.8 Å². The quantitative estimate of drug-likeness (QED) is 0.914. The normalized spacial score (nSPS) is 17.6. The second-order valence-electron chi connectivity index (χ2n) is 6.80. The number of aryl methyl sites for hydroxylation is 3. The van der Waals surface area contributed by atoms with Crippen LogP contribution in [0.3, 0.4) is 0 Å². The minimum Gasteiger partial charge on any atom is -0.356 e. The first-order chi connectivity index (χ1) is 12.2. The highest BCUT2D eigenvalue weighted by Crippen LogP contribution is 2.19. The molecule has 1 amide bonds. The largest absolute Gasteiger partial charge is 0.356 e. The van der Waals surface area contributed by atoms with Gasteiger partial charge in [-0.05, 0) is 38.2 Å². The number of nitrogens with zero attached hydrogens (tertiary/aromatic N) is 5. The molecule has 0 aromatic carbocycles. The van der Waals surface area contributed by atoms with Crippen molar-refractivity contribution >= 4 is 11.7 Å². The maximum Gasteiger partial charge on any atom is 0.272 e. The number of anilines is 1. The molecule has 0 radical (unpaired) electrons. The summed E-state index contributed by atoms with van der Waals surface area (Å²) in [4.78, 5) is 23.4. The zero-order valence-electron chi connectivity index (χ0n) is 14.6. The molecule has 2 aromatic rings.